The smallest absolute Gasteiger partial charge is 0.227 e. The van der Waals surface area contributed by atoms with Crippen LogP contribution >= 0.6 is 0 Å². The zero-order chi connectivity index (χ0) is 17.2. The van der Waals surface area contributed by atoms with Gasteiger partial charge in [-0.05, 0) is 32.0 Å². The number of sulfone groups is 1. The van der Waals surface area contributed by atoms with Gasteiger partial charge in [-0.2, -0.15) is 0 Å². The maximum absolute atomic E-state index is 12.0. The average Bonchev–Trinajstić information content (AvgIpc) is 3.21. The second-order valence-corrected chi connectivity index (χ2v) is 8.21. The molecule has 0 unspecified atom stereocenters. The van der Waals surface area contributed by atoms with Crippen molar-refractivity contribution in [2.24, 2.45) is 0 Å². The van der Waals surface area contributed by atoms with Crippen molar-refractivity contribution in [2.45, 2.75) is 43.7 Å². The van der Waals surface area contributed by atoms with E-state index in [0.29, 0.717) is 19.6 Å². The van der Waals surface area contributed by atoms with E-state index in [9.17, 15) is 8.42 Å². The molecule has 2 aromatic heterocycles. The third-order valence-corrected chi connectivity index (χ3v) is 5.07. The molecule has 24 heavy (non-hydrogen) atoms. The van der Waals surface area contributed by atoms with Gasteiger partial charge in [0.25, 0.3) is 0 Å². The molecule has 0 radical (unpaired) electrons. The summed E-state index contributed by atoms with van der Waals surface area (Å²) in [5.41, 5.74) is 0.861. The van der Waals surface area contributed by atoms with E-state index in [2.05, 4.69) is 9.88 Å². The zero-order valence-electron chi connectivity index (χ0n) is 14.0. The second-order valence-electron chi connectivity index (χ2n) is 6.30. The van der Waals surface area contributed by atoms with Crippen molar-refractivity contribution in [1.29, 1.82) is 0 Å². The van der Waals surface area contributed by atoms with Crippen LogP contribution in [0.5, 0.6) is 0 Å². The lowest BCUT2D eigenvalue weighted by atomic mass is 10.2. The first-order valence-corrected chi connectivity index (χ1v) is 9.89. The first-order valence-electron chi connectivity index (χ1n) is 8.00. The highest BCUT2D eigenvalue weighted by Gasteiger charge is 2.24. The molecule has 1 fully saturated rings. The van der Waals surface area contributed by atoms with Crippen molar-refractivity contribution in [3.05, 3.63) is 36.0 Å². The molecule has 0 bridgehead atoms. The van der Waals surface area contributed by atoms with Crippen LogP contribution in [0.3, 0.4) is 0 Å². The Labute approximate surface area is 142 Å². The highest BCUT2D eigenvalue weighted by atomic mass is 32.2. The van der Waals surface area contributed by atoms with Gasteiger partial charge < -0.3 is 13.7 Å². The number of hydrogen-bond donors (Lipinski definition) is 0. The van der Waals surface area contributed by atoms with Gasteiger partial charge >= 0.3 is 0 Å². The molecule has 1 aliphatic rings. The Bertz CT molecular complexity index is 761. The second kappa shape index (κ2) is 7.08. The number of imidazole rings is 1. The van der Waals surface area contributed by atoms with Gasteiger partial charge in [-0.25, -0.2) is 13.4 Å². The van der Waals surface area contributed by atoms with Crippen LogP contribution in [-0.2, 0) is 34.2 Å². The van der Waals surface area contributed by atoms with Gasteiger partial charge in [-0.1, -0.05) is 0 Å². The number of furan rings is 1. The summed E-state index contributed by atoms with van der Waals surface area (Å²) in [4.78, 5) is 6.21. The lowest BCUT2D eigenvalue weighted by Gasteiger charge is -2.19. The summed E-state index contributed by atoms with van der Waals surface area (Å²) < 4.78 is 36.9. The van der Waals surface area contributed by atoms with Crippen LogP contribution in [0.1, 0.15) is 24.3 Å². The van der Waals surface area contributed by atoms with E-state index in [4.69, 9.17) is 9.15 Å². The average molecular weight is 353 g/mol. The van der Waals surface area contributed by atoms with Crippen molar-refractivity contribution in [1.82, 2.24) is 14.5 Å². The molecule has 0 saturated carbocycles. The molecular weight excluding hydrogens is 330 g/mol. The third kappa shape index (κ3) is 4.06. The monoisotopic (exact) mass is 353 g/mol. The molecule has 1 atom stereocenters. The Morgan fingerprint density at radius 2 is 2.25 bits per heavy atom. The van der Waals surface area contributed by atoms with Gasteiger partial charge in [0.1, 0.15) is 5.76 Å². The van der Waals surface area contributed by atoms with Crippen LogP contribution in [0, 0.1) is 0 Å². The Balaban J connectivity index is 1.79. The van der Waals surface area contributed by atoms with Crippen LogP contribution in [0.4, 0.5) is 0 Å². The number of hydrogen-bond acceptors (Lipinski definition) is 6. The highest BCUT2D eigenvalue weighted by Crippen LogP contribution is 2.20. The molecule has 1 saturated heterocycles. The van der Waals surface area contributed by atoms with E-state index >= 15 is 0 Å². The van der Waals surface area contributed by atoms with Crippen molar-refractivity contribution in [3.8, 4) is 0 Å². The van der Waals surface area contributed by atoms with Gasteiger partial charge in [0.15, 0.2) is 0 Å². The molecule has 3 heterocycles. The first-order chi connectivity index (χ1) is 11.4. The molecule has 0 amide bonds. The Morgan fingerprint density at radius 3 is 2.88 bits per heavy atom. The van der Waals surface area contributed by atoms with Crippen LogP contribution in [0.25, 0.3) is 0 Å². The molecule has 3 rings (SSSR count). The molecule has 7 nitrogen and oxygen atoms in total. The van der Waals surface area contributed by atoms with E-state index in [-0.39, 0.29) is 11.3 Å². The predicted molar refractivity (Wildman–Crippen MR) is 88.2 cm³/mol. The van der Waals surface area contributed by atoms with Crippen LogP contribution in [0.15, 0.2) is 34.2 Å². The standard InChI is InChI=1S/C16H23N3O4S/c1-18(11-14-5-3-7-22-14)10-13-9-17-16(24(2,20)21)19(13)12-15-6-4-8-23-15/h3,5,7,9,15H,4,6,8,10-12H2,1-2H3/t15-/m1/s1. The predicted octanol–water partition coefficient (Wildman–Crippen LogP) is 1.69. The lowest BCUT2D eigenvalue weighted by Crippen LogP contribution is -2.24. The van der Waals surface area contributed by atoms with Crippen LogP contribution in [-0.4, -0.2) is 48.9 Å². The fraction of sp³-hybridized carbons (Fsp3) is 0.562. The van der Waals surface area contributed by atoms with Gasteiger partial charge in [0, 0.05) is 19.4 Å². The Kier molecular flexibility index (Phi) is 5.07. The fourth-order valence-electron chi connectivity index (χ4n) is 3.00. The van der Waals surface area contributed by atoms with Gasteiger partial charge in [-0.3, -0.25) is 4.90 Å². The SMILES string of the molecule is CN(Cc1ccco1)Cc1cnc(S(C)(=O)=O)n1C[C@H]1CCCO1. The number of aromatic nitrogens is 2. The van der Waals surface area contributed by atoms with E-state index < -0.39 is 9.84 Å². The summed E-state index contributed by atoms with van der Waals surface area (Å²) in [6.07, 6.45) is 6.49. The van der Waals surface area contributed by atoms with Gasteiger partial charge in [-0.15, -0.1) is 0 Å². The van der Waals surface area contributed by atoms with Crippen LogP contribution in [0.2, 0.25) is 0 Å². The van der Waals surface area contributed by atoms with Crippen molar-refractivity contribution >= 4 is 9.84 Å². The molecule has 0 aromatic carbocycles. The number of rotatable bonds is 7. The largest absolute Gasteiger partial charge is 0.468 e. The number of ether oxygens (including phenoxy) is 1. The van der Waals surface area contributed by atoms with Crippen LogP contribution < -0.4 is 0 Å². The minimum absolute atomic E-state index is 0.0498. The van der Waals surface area contributed by atoms with E-state index in [1.807, 2.05) is 19.2 Å². The third-order valence-electron chi connectivity index (χ3n) is 4.08. The zero-order valence-corrected chi connectivity index (χ0v) is 14.8. The van der Waals surface area contributed by atoms with Crippen molar-refractivity contribution in [2.75, 3.05) is 19.9 Å². The topological polar surface area (TPSA) is 77.6 Å². The fourth-order valence-corrected chi connectivity index (χ4v) is 3.84. The highest BCUT2D eigenvalue weighted by molar-refractivity contribution is 7.90. The lowest BCUT2D eigenvalue weighted by molar-refractivity contribution is 0.0933. The van der Waals surface area contributed by atoms with E-state index in [0.717, 1.165) is 30.9 Å². The summed E-state index contributed by atoms with van der Waals surface area (Å²) in [5, 5.41) is 0.111. The molecule has 0 spiro atoms. The van der Waals surface area contributed by atoms with Crippen molar-refractivity contribution < 1.29 is 17.6 Å². The molecule has 1 aliphatic heterocycles. The maximum Gasteiger partial charge on any atom is 0.227 e. The summed E-state index contributed by atoms with van der Waals surface area (Å²) in [7, 11) is -1.42. The maximum atomic E-state index is 12.0. The molecular formula is C16H23N3O4S. The minimum Gasteiger partial charge on any atom is -0.468 e. The van der Waals surface area contributed by atoms with Crippen molar-refractivity contribution in [3.63, 3.8) is 0 Å². The summed E-state index contributed by atoms with van der Waals surface area (Å²) in [5.74, 6) is 0.867. The first kappa shape index (κ1) is 17.2. The van der Waals surface area contributed by atoms with E-state index in [1.165, 1.54) is 6.26 Å². The quantitative estimate of drug-likeness (QED) is 0.754. The normalized spacial score (nSPS) is 18.5. The summed E-state index contributed by atoms with van der Waals surface area (Å²) in [6, 6.07) is 3.77. The van der Waals surface area contributed by atoms with Gasteiger partial charge in [0.05, 0.1) is 37.3 Å². The summed E-state index contributed by atoms with van der Waals surface area (Å²) >= 11 is 0. The summed E-state index contributed by atoms with van der Waals surface area (Å²) in [6.45, 7) is 2.48. The molecule has 0 aliphatic carbocycles. The Hall–Kier alpha value is -1.64. The van der Waals surface area contributed by atoms with Gasteiger partial charge in [0.2, 0.25) is 15.0 Å². The van der Waals surface area contributed by atoms with E-state index in [1.54, 1.807) is 17.0 Å². The minimum atomic E-state index is -3.38. The molecule has 0 N–H and O–H groups in total. The molecule has 8 heteroatoms. The molecule has 132 valence electrons. The molecule has 2 aromatic rings. The number of nitrogens with zero attached hydrogens (tertiary/aromatic N) is 3. The Morgan fingerprint density at radius 1 is 1.42 bits per heavy atom.